The standard InChI is InChI=1S/C14H10BrFN2/c15-11-6-5-10(12(16)7-11)8-18-9-17-13-3-1-2-4-14(13)18/h1-7,9H,8H2. The van der Waals surface area contributed by atoms with Crippen LogP contribution in [0.4, 0.5) is 4.39 Å². The molecule has 0 spiro atoms. The third-order valence-corrected chi connectivity index (χ3v) is 3.38. The van der Waals surface area contributed by atoms with E-state index in [2.05, 4.69) is 20.9 Å². The molecule has 1 heterocycles. The van der Waals surface area contributed by atoms with Crippen LogP contribution in [0.25, 0.3) is 11.0 Å². The number of nitrogens with zero attached hydrogens (tertiary/aromatic N) is 2. The predicted molar refractivity (Wildman–Crippen MR) is 72.9 cm³/mol. The van der Waals surface area contributed by atoms with Crippen molar-refractivity contribution in [3.8, 4) is 0 Å². The summed E-state index contributed by atoms with van der Waals surface area (Å²) in [5.74, 6) is -0.206. The second-order valence-electron chi connectivity index (χ2n) is 4.10. The van der Waals surface area contributed by atoms with Crippen molar-refractivity contribution in [2.75, 3.05) is 0 Å². The lowest BCUT2D eigenvalue weighted by atomic mass is 10.2. The van der Waals surface area contributed by atoms with E-state index in [0.29, 0.717) is 12.1 Å². The van der Waals surface area contributed by atoms with Crippen molar-refractivity contribution >= 4 is 27.0 Å². The molecule has 3 rings (SSSR count). The number of hydrogen-bond acceptors (Lipinski definition) is 1. The maximum Gasteiger partial charge on any atom is 0.129 e. The first-order chi connectivity index (χ1) is 8.74. The van der Waals surface area contributed by atoms with Gasteiger partial charge in [0, 0.05) is 10.0 Å². The van der Waals surface area contributed by atoms with E-state index in [-0.39, 0.29) is 5.82 Å². The zero-order chi connectivity index (χ0) is 12.5. The van der Waals surface area contributed by atoms with Gasteiger partial charge in [-0.15, -0.1) is 0 Å². The van der Waals surface area contributed by atoms with Gasteiger partial charge in [0.2, 0.25) is 0 Å². The molecule has 2 aromatic carbocycles. The maximum atomic E-state index is 13.8. The van der Waals surface area contributed by atoms with Crippen molar-refractivity contribution in [3.63, 3.8) is 0 Å². The quantitative estimate of drug-likeness (QED) is 0.700. The molecule has 0 aliphatic rings. The van der Waals surface area contributed by atoms with E-state index in [4.69, 9.17) is 0 Å². The number of para-hydroxylation sites is 2. The van der Waals surface area contributed by atoms with Gasteiger partial charge in [-0.3, -0.25) is 0 Å². The van der Waals surface area contributed by atoms with Gasteiger partial charge in [-0.2, -0.15) is 0 Å². The van der Waals surface area contributed by atoms with Crippen LogP contribution in [0.5, 0.6) is 0 Å². The second kappa shape index (κ2) is 4.53. The van der Waals surface area contributed by atoms with Crippen LogP contribution in [0.3, 0.4) is 0 Å². The number of aromatic nitrogens is 2. The Labute approximate surface area is 112 Å². The van der Waals surface area contributed by atoms with Crippen LogP contribution < -0.4 is 0 Å². The van der Waals surface area contributed by atoms with Gasteiger partial charge < -0.3 is 4.57 Å². The molecular weight excluding hydrogens is 295 g/mol. The minimum atomic E-state index is -0.206. The van der Waals surface area contributed by atoms with Crippen molar-refractivity contribution in [2.24, 2.45) is 0 Å². The summed E-state index contributed by atoms with van der Waals surface area (Å²) in [6.07, 6.45) is 1.74. The minimum absolute atomic E-state index is 0.206. The van der Waals surface area contributed by atoms with Gasteiger partial charge in [0.05, 0.1) is 23.9 Å². The number of imidazole rings is 1. The van der Waals surface area contributed by atoms with Crippen molar-refractivity contribution in [2.45, 2.75) is 6.54 Å². The number of fused-ring (bicyclic) bond motifs is 1. The van der Waals surface area contributed by atoms with E-state index in [1.54, 1.807) is 12.4 Å². The van der Waals surface area contributed by atoms with Gasteiger partial charge in [-0.05, 0) is 24.3 Å². The van der Waals surface area contributed by atoms with Crippen molar-refractivity contribution in [1.29, 1.82) is 0 Å². The molecule has 4 heteroatoms. The molecule has 2 nitrogen and oxygen atoms in total. The zero-order valence-electron chi connectivity index (χ0n) is 9.48. The highest BCUT2D eigenvalue weighted by atomic mass is 79.9. The summed E-state index contributed by atoms with van der Waals surface area (Å²) in [6.45, 7) is 0.486. The molecule has 0 atom stereocenters. The highest BCUT2D eigenvalue weighted by Gasteiger charge is 2.06. The molecule has 0 bridgehead atoms. The van der Waals surface area contributed by atoms with E-state index in [9.17, 15) is 4.39 Å². The Bertz CT molecular complexity index is 706. The molecule has 0 fully saturated rings. The molecule has 0 unspecified atom stereocenters. The highest BCUT2D eigenvalue weighted by molar-refractivity contribution is 9.10. The zero-order valence-corrected chi connectivity index (χ0v) is 11.1. The highest BCUT2D eigenvalue weighted by Crippen LogP contribution is 2.18. The predicted octanol–water partition coefficient (Wildman–Crippen LogP) is 3.99. The van der Waals surface area contributed by atoms with Gasteiger partial charge >= 0.3 is 0 Å². The van der Waals surface area contributed by atoms with Crippen LogP contribution in [0.2, 0.25) is 0 Å². The summed E-state index contributed by atoms with van der Waals surface area (Å²) in [7, 11) is 0. The van der Waals surface area contributed by atoms with E-state index in [1.807, 2.05) is 34.9 Å². The van der Waals surface area contributed by atoms with Gasteiger partial charge in [0.25, 0.3) is 0 Å². The smallest absolute Gasteiger partial charge is 0.129 e. The lowest BCUT2D eigenvalue weighted by Gasteiger charge is -2.06. The van der Waals surface area contributed by atoms with Gasteiger partial charge in [-0.1, -0.05) is 34.1 Å². The van der Waals surface area contributed by atoms with Crippen LogP contribution in [-0.2, 0) is 6.54 Å². The molecule has 0 amide bonds. The topological polar surface area (TPSA) is 17.8 Å². The monoisotopic (exact) mass is 304 g/mol. The van der Waals surface area contributed by atoms with Crippen LogP contribution in [-0.4, -0.2) is 9.55 Å². The fourth-order valence-corrected chi connectivity index (χ4v) is 2.30. The van der Waals surface area contributed by atoms with E-state index >= 15 is 0 Å². The molecule has 0 radical (unpaired) electrons. The summed E-state index contributed by atoms with van der Waals surface area (Å²) < 4.78 is 16.5. The first-order valence-electron chi connectivity index (χ1n) is 5.58. The maximum absolute atomic E-state index is 13.8. The van der Waals surface area contributed by atoms with Crippen LogP contribution in [0, 0.1) is 5.82 Å². The normalized spacial score (nSPS) is 11.0. The van der Waals surface area contributed by atoms with Crippen molar-refractivity contribution in [1.82, 2.24) is 9.55 Å². The Morgan fingerprint density at radius 1 is 1.17 bits per heavy atom. The first kappa shape index (κ1) is 11.4. The number of hydrogen-bond donors (Lipinski definition) is 0. The number of halogens is 2. The summed E-state index contributed by atoms with van der Waals surface area (Å²) in [6, 6.07) is 12.9. The van der Waals surface area contributed by atoms with Crippen molar-refractivity contribution in [3.05, 3.63) is 64.6 Å². The molecule has 18 heavy (non-hydrogen) atoms. The second-order valence-corrected chi connectivity index (χ2v) is 5.01. The summed E-state index contributed by atoms with van der Waals surface area (Å²) in [4.78, 5) is 4.29. The molecule has 0 saturated heterocycles. The lowest BCUT2D eigenvalue weighted by molar-refractivity contribution is 0.600. The SMILES string of the molecule is Fc1cc(Br)ccc1Cn1cnc2ccccc21. The largest absolute Gasteiger partial charge is 0.326 e. The van der Waals surface area contributed by atoms with Crippen LogP contribution >= 0.6 is 15.9 Å². The fourth-order valence-electron chi connectivity index (χ4n) is 1.97. The van der Waals surface area contributed by atoms with E-state index in [0.717, 1.165) is 15.5 Å². The number of rotatable bonds is 2. The Kier molecular flexibility index (Phi) is 2.88. The lowest BCUT2D eigenvalue weighted by Crippen LogP contribution is -2.00. The Hall–Kier alpha value is -1.68. The molecule has 3 aromatic rings. The fraction of sp³-hybridized carbons (Fsp3) is 0.0714. The third-order valence-electron chi connectivity index (χ3n) is 2.88. The summed E-state index contributed by atoms with van der Waals surface area (Å²) in [5.41, 5.74) is 2.59. The molecule has 0 aliphatic carbocycles. The van der Waals surface area contributed by atoms with E-state index in [1.165, 1.54) is 6.07 Å². The molecule has 0 saturated carbocycles. The average Bonchev–Trinajstić information content (AvgIpc) is 2.76. The Morgan fingerprint density at radius 2 is 2.00 bits per heavy atom. The first-order valence-corrected chi connectivity index (χ1v) is 6.37. The average molecular weight is 305 g/mol. The molecule has 90 valence electrons. The van der Waals surface area contributed by atoms with Crippen LogP contribution in [0.15, 0.2) is 53.3 Å². The summed E-state index contributed by atoms with van der Waals surface area (Å²) in [5, 5.41) is 0. The van der Waals surface area contributed by atoms with Gasteiger partial charge in [0.1, 0.15) is 5.82 Å². The van der Waals surface area contributed by atoms with Gasteiger partial charge in [-0.25, -0.2) is 9.37 Å². The molecule has 1 aromatic heterocycles. The molecule has 0 aliphatic heterocycles. The third kappa shape index (κ3) is 2.04. The van der Waals surface area contributed by atoms with Crippen molar-refractivity contribution < 1.29 is 4.39 Å². The van der Waals surface area contributed by atoms with E-state index < -0.39 is 0 Å². The molecule has 0 N–H and O–H groups in total. The Morgan fingerprint density at radius 3 is 2.83 bits per heavy atom. The minimum Gasteiger partial charge on any atom is -0.326 e. The molecular formula is C14H10BrFN2. The van der Waals surface area contributed by atoms with Crippen LogP contribution in [0.1, 0.15) is 5.56 Å². The summed E-state index contributed by atoms with van der Waals surface area (Å²) >= 11 is 3.25. The Balaban J connectivity index is 2.01. The number of benzene rings is 2. The van der Waals surface area contributed by atoms with Gasteiger partial charge in [0.15, 0.2) is 0 Å².